The maximum atomic E-state index is 7.40. The zero-order valence-electron chi connectivity index (χ0n) is 34.7. The van der Waals surface area contributed by atoms with E-state index in [0.717, 1.165) is 38.4 Å². The summed E-state index contributed by atoms with van der Waals surface area (Å²) >= 11 is 0. The molecular weight excluding hydrogens is 762 g/mol. The summed E-state index contributed by atoms with van der Waals surface area (Å²) in [5.74, 6) is 0. The first kappa shape index (κ1) is 39.1. The van der Waals surface area contributed by atoms with E-state index >= 15 is 0 Å². The fourth-order valence-electron chi connectivity index (χ4n) is 10.4. The Morgan fingerprint density at radius 1 is 0.422 bits per heavy atom. The number of furan rings is 1. The Bertz CT molecular complexity index is 4170. The summed E-state index contributed by atoms with van der Waals surface area (Å²) in [5, 5.41) is 15.6. The topological polar surface area (TPSA) is 13.1 Å². The SMILES string of the molecule is [B]/C(C(=[B])c1ccc(-c2ccc3ccc4cccc5ccc2c3c45)cc1-c1ccc2ccc3cccc4ccc1c2c34)=c1/c(=C(/[B])C)oc2c1c([B])c([B])c1c([B])c([B])c([B])c([B])c12. The molecule has 0 aliphatic carbocycles. The van der Waals surface area contributed by atoms with Crippen LogP contribution in [0.1, 0.15) is 12.5 Å². The molecule has 0 aliphatic rings. The molecule has 64 heavy (non-hydrogen) atoms. The Kier molecular flexibility index (Phi) is 8.55. The van der Waals surface area contributed by atoms with Crippen LogP contribution in [0.25, 0.3) is 120 Å². The van der Waals surface area contributed by atoms with Gasteiger partial charge in [-0.1, -0.05) is 0 Å². The van der Waals surface area contributed by atoms with E-state index in [1.165, 1.54) is 48.5 Å². The maximum absolute atomic E-state index is 7.40. The monoisotopic (exact) mass is 787 g/mol. The van der Waals surface area contributed by atoms with E-state index in [4.69, 9.17) is 74.7 Å². The van der Waals surface area contributed by atoms with Crippen molar-refractivity contribution in [3.63, 3.8) is 0 Å². The van der Waals surface area contributed by atoms with E-state index in [0.29, 0.717) is 32.4 Å². The van der Waals surface area contributed by atoms with Gasteiger partial charge in [0.05, 0.1) is 0 Å². The van der Waals surface area contributed by atoms with Crippen LogP contribution in [-0.2, 0) is 0 Å². The molecule has 0 unspecified atom stereocenters. The van der Waals surface area contributed by atoms with E-state index in [1.54, 1.807) is 6.92 Å². The third kappa shape index (κ3) is 5.29. The summed E-state index contributed by atoms with van der Waals surface area (Å²) in [6.45, 7) is 1.71. The zero-order chi connectivity index (χ0) is 44.0. The summed E-state index contributed by atoms with van der Waals surface area (Å²) in [4.78, 5) is 0. The predicted octanol–water partition coefficient (Wildman–Crippen LogP) is 4.44. The fraction of sp³-hybridized carbons (Fsp3) is 0.0185. The zero-order valence-corrected chi connectivity index (χ0v) is 34.7. The summed E-state index contributed by atoms with van der Waals surface area (Å²) in [5.41, 5.74) is 6.67. The molecule has 0 saturated heterocycles. The van der Waals surface area contributed by atoms with Gasteiger partial charge in [0.25, 0.3) is 0 Å². The molecule has 10 heteroatoms. The van der Waals surface area contributed by atoms with E-state index in [9.17, 15) is 0 Å². The molecule has 1 heterocycles. The fourth-order valence-corrected chi connectivity index (χ4v) is 10.4. The summed E-state index contributed by atoms with van der Waals surface area (Å²) in [6.07, 6.45) is 0. The van der Waals surface area contributed by atoms with Crippen LogP contribution in [-0.4, -0.2) is 75.7 Å². The Morgan fingerprint density at radius 3 is 1.44 bits per heavy atom. The van der Waals surface area contributed by atoms with Gasteiger partial charge in [-0.2, -0.15) is 0 Å². The van der Waals surface area contributed by atoms with Gasteiger partial charge in [-0.3, -0.25) is 0 Å². The summed E-state index contributed by atoms with van der Waals surface area (Å²) < 4.78 is 6.55. The first-order valence-corrected chi connectivity index (χ1v) is 20.9. The van der Waals surface area contributed by atoms with Gasteiger partial charge >= 0.3 is 383 Å². The second kappa shape index (κ2) is 14.0. The second-order valence-corrected chi connectivity index (χ2v) is 17.0. The molecule has 11 aromatic carbocycles. The molecule has 273 valence electrons. The number of fused-ring (bicyclic) bond motifs is 3. The molecule has 12 rings (SSSR count). The van der Waals surface area contributed by atoms with Crippen molar-refractivity contribution in [2.45, 2.75) is 6.92 Å². The molecule has 0 atom stereocenters. The molecule has 12 aromatic rings. The third-order valence-corrected chi connectivity index (χ3v) is 13.5. The standard InChI is InChI=1S/C54H24B9O/c1-23(55)53-43(44-49(60)46(57)41-42(54(44)64-53)50(61)52(63)51(62)47(41)58)48(59)45(56)35-21-16-30(31-17-12-28-10-8-24-4-2-6-26-14-19-33(31)39(28)37(24)26)22-36(35)32-18-13-29-11-9-25-5-3-7-27-15-20-34(32)40(29)38(25)27/h2-22H,1H3/b48-43+,53-23-. The summed E-state index contributed by atoms with van der Waals surface area (Å²) in [7, 11) is 60.7. The van der Waals surface area contributed by atoms with Crippen LogP contribution in [0.5, 0.6) is 0 Å². The van der Waals surface area contributed by atoms with Crippen molar-refractivity contribution >= 4 is 206 Å². The quantitative estimate of drug-likeness (QED) is 0.190. The van der Waals surface area contributed by atoms with Gasteiger partial charge in [0, 0.05) is 0 Å². The van der Waals surface area contributed by atoms with E-state index in [1.807, 2.05) is 6.07 Å². The van der Waals surface area contributed by atoms with Crippen LogP contribution in [0.2, 0.25) is 0 Å². The molecule has 0 N–H and O–H groups in total. The Labute approximate surface area is 381 Å². The van der Waals surface area contributed by atoms with Gasteiger partial charge in [-0.05, 0) is 0 Å². The first-order valence-electron chi connectivity index (χ1n) is 20.9. The van der Waals surface area contributed by atoms with Crippen molar-refractivity contribution in [2.75, 3.05) is 0 Å². The third-order valence-electron chi connectivity index (χ3n) is 13.5. The minimum absolute atomic E-state index is 0.0918. The molecule has 17 radical (unpaired) electrons. The van der Waals surface area contributed by atoms with Crippen molar-refractivity contribution in [3.8, 4) is 22.3 Å². The molecule has 0 fully saturated rings. The van der Waals surface area contributed by atoms with Gasteiger partial charge < -0.3 is 0 Å². The predicted molar refractivity (Wildman–Crippen MR) is 284 cm³/mol. The molecular formula is C54H24B9O. The van der Waals surface area contributed by atoms with Gasteiger partial charge in [-0.25, -0.2) is 0 Å². The Hall–Kier alpha value is -6.51. The average molecular weight is 786 g/mol. The van der Waals surface area contributed by atoms with Crippen LogP contribution in [0.3, 0.4) is 0 Å². The summed E-state index contributed by atoms with van der Waals surface area (Å²) in [6, 6.07) is 45.6. The van der Waals surface area contributed by atoms with E-state index in [-0.39, 0.29) is 54.7 Å². The molecule has 0 aliphatic heterocycles. The average Bonchev–Trinajstić information content (AvgIpc) is 3.73. The van der Waals surface area contributed by atoms with Crippen LogP contribution in [0, 0.1) is 0 Å². The first-order chi connectivity index (χ1) is 30.9. The Balaban J connectivity index is 1.17. The van der Waals surface area contributed by atoms with Gasteiger partial charge in [0.1, 0.15) is 0 Å². The second-order valence-electron chi connectivity index (χ2n) is 17.0. The molecule has 1 aromatic heterocycles. The van der Waals surface area contributed by atoms with Crippen LogP contribution in [0.4, 0.5) is 0 Å². The van der Waals surface area contributed by atoms with Gasteiger partial charge in [0.15, 0.2) is 0 Å². The van der Waals surface area contributed by atoms with Crippen molar-refractivity contribution < 1.29 is 4.42 Å². The molecule has 0 amide bonds. The van der Waals surface area contributed by atoms with E-state index in [2.05, 4.69) is 121 Å². The van der Waals surface area contributed by atoms with Gasteiger partial charge in [-0.15, -0.1) is 0 Å². The normalized spacial score (nSPS) is 13.2. The van der Waals surface area contributed by atoms with Crippen LogP contribution < -0.4 is 43.4 Å². The number of hydrogen-bond donors (Lipinski definition) is 0. The van der Waals surface area contributed by atoms with Crippen molar-refractivity contribution in [3.05, 3.63) is 144 Å². The van der Waals surface area contributed by atoms with Crippen molar-refractivity contribution in [1.82, 2.24) is 0 Å². The molecule has 0 bridgehead atoms. The number of rotatable bonds is 4. The number of hydrogen-bond acceptors (Lipinski definition) is 1. The molecule has 0 saturated carbocycles. The van der Waals surface area contributed by atoms with Crippen LogP contribution >= 0.6 is 0 Å². The van der Waals surface area contributed by atoms with Crippen LogP contribution in [0.15, 0.2) is 132 Å². The van der Waals surface area contributed by atoms with Crippen molar-refractivity contribution in [2.24, 2.45) is 0 Å². The molecule has 0 spiro atoms. The Morgan fingerprint density at radius 2 is 0.875 bits per heavy atom. The van der Waals surface area contributed by atoms with Gasteiger partial charge in [0.2, 0.25) is 0 Å². The van der Waals surface area contributed by atoms with Crippen molar-refractivity contribution in [1.29, 1.82) is 0 Å². The molecule has 1 nitrogen and oxygen atoms in total. The van der Waals surface area contributed by atoms with E-state index < -0.39 is 0 Å². The minimum atomic E-state index is 0.0918. The number of benzene rings is 11.